The number of carboxylic acid groups (broad SMARTS) is 1. The Labute approximate surface area is 127 Å². The van der Waals surface area contributed by atoms with Crippen molar-refractivity contribution in [2.75, 3.05) is 7.11 Å². The summed E-state index contributed by atoms with van der Waals surface area (Å²) < 4.78 is 5.17. The summed E-state index contributed by atoms with van der Waals surface area (Å²) in [6, 6.07) is 7.98. The molecule has 0 spiro atoms. The quantitative estimate of drug-likeness (QED) is 0.529. The van der Waals surface area contributed by atoms with Gasteiger partial charge in [0.05, 0.1) is 13.5 Å². The van der Waals surface area contributed by atoms with Gasteiger partial charge in [0.2, 0.25) is 0 Å². The van der Waals surface area contributed by atoms with Crippen LogP contribution in [0, 0.1) is 0 Å². The number of carbonyl (C=O) groups is 1. The Hall–Kier alpha value is -2.03. The standard InChI is InChI=1S/C18H24O3/c1-3-4-5-8-15(9-6-7-10-18(19)20)16-11-13-17(21-2)14-12-16/h6-7,9,11-14H,3-5,8,10H2,1-2H3,(H,19,20)/b7-6+,15-9-. The molecule has 1 aromatic carbocycles. The molecule has 0 bridgehead atoms. The van der Waals surface area contributed by atoms with Crippen LogP contribution in [0.15, 0.2) is 42.5 Å². The normalized spacial score (nSPS) is 11.8. The highest BCUT2D eigenvalue weighted by atomic mass is 16.5. The summed E-state index contributed by atoms with van der Waals surface area (Å²) in [6.07, 6.45) is 10.1. The molecule has 0 fully saturated rings. The maximum absolute atomic E-state index is 10.5. The minimum absolute atomic E-state index is 0.0569. The number of allylic oxidation sites excluding steroid dienone is 3. The van der Waals surface area contributed by atoms with Crippen LogP contribution in [0.5, 0.6) is 5.75 Å². The van der Waals surface area contributed by atoms with Crippen molar-refractivity contribution in [3.8, 4) is 5.75 Å². The molecule has 114 valence electrons. The lowest BCUT2D eigenvalue weighted by Gasteiger charge is -2.08. The molecule has 0 aromatic heterocycles. The molecule has 3 heteroatoms. The first-order valence-electron chi connectivity index (χ1n) is 7.39. The maximum atomic E-state index is 10.5. The number of hydrogen-bond acceptors (Lipinski definition) is 2. The van der Waals surface area contributed by atoms with E-state index in [4.69, 9.17) is 9.84 Å². The van der Waals surface area contributed by atoms with Crippen molar-refractivity contribution in [3.05, 3.63) is 48.1 Å². The van der Waals surface area contributed by atoms with Crippen LogP contribution in [0.4, 0.5) is 0 Å². The van der Waals surface area contributed by atoms with Gasteiger partial charge in [0.25, 0.3) is 0 Å². The zero-order valence-electron chi connectivity index (χ0n) is 12.8. The van der Waals surface area contributed by atoms with Crippen molar-refractivity contribution in [1.82, 2.24) is 0 Å². The number of aliphatic carboxylic acids is 1. The van der Waals surface area contributed by atoms with Gasteiger partial charge in [-0.15, -0.1) is 0 Å². The number of benzene rings is 1. The van der Waals surface area contributed by atoms with E-state index in [1.165, 1.54) is 18.4 Å². The molecule has 3 nitrogen and oxygen atoms in total. The van der Waals surface area contributed by atoms with E-state index in [-0.39, 0.29) is 6.42 Å². The second-order valence-electron chi connectivity index (χ2n) is 4.90. The number of methoxy groups -OCH3 is 1. The molecule has 1 aromatic rings. The largest absolute Gasteiger partial charge is 0.497 e. The summed E-state index contributed by atoms with van der Waals surface area (Å²) >= 11 is 0. The monoisotopic (exact) mass is 288 g/mol. The molecule has 0 amide bonds. The minimum atomic E-state index is -0.809. The summed E-state index contributed by atoms with van der Waals surface area (Å²) in [5.74, 6) is 0.0321. The molecule has 0 heterocycles. The summed E-state index contributed by atoms with van der Waals surface area (Å²) in [5, 5.41) is 8.64. The molecule has 0 saturated heterocycles. The maximum Gasteiger partial charge on any atom is 0.307 e. The zero-order chi connectivity index (χ0) is 15.5. The van der Waals surface area contributed by atoms with Crippen molar-refractivity contribution >= 4 is 11.5 Å². The third kappa shape index (κ3) is 6.80. The fourth-order valence-electron chi connectivity index (χ4n) is 2.05. The number of ether oxygens (including phenoxy) is 1. The fraction of sp³-hybridized carbons (Fsp3) is 0.389. The van der Waals surface area contributed by atoms with E-state index in [0.717, 1.165) is 24.2 Å². The van der Waals surface area contributed by atoms with Gasteiger partial charge in [-0.25, -0.2) is 0 Å². The third-order valence-corrected chi connectivity index (χ3v) is 3.24. The average molecular weight is 288 g/mol. The lowest BCUT2D eigenvalue weighted by Crippen LogP contribution is -1.90. The van der Waals surface area contributed by atoms with Gasteiger partial charge in [0, 0.05) is 0 Å². The smallest absolute Gasteiger partial charge is 0.307 e. The van der Waals surface area contributed by atoms with E-state index in [1.54, 1.807) is 13.2 Å². The predicted octanol–water partition coefficient (Wildman–Crippen LogP) is 4.69. The molecule has 21 heavy (non-hydrogen) atoms. The van der Waals surface area contributed by atoms with Crippen LogP contribution in [-0.2, 0) is 4.79 Å². The van der Waals surface area contributed by atoms with E-state index in [1.807, 2.05) is 36.4 Å². The van der Waals surface area contributed by atoms with Crippen molar-refractivity contribution in [3.63, 3.8) is 0 Å². The Morgan fingerprint density at radius 3 is 2.52 bits per heavy atom. The molecule has 0 unspecified atom stereocenters. The highest BCUT2D eigenvalue weighted by Crippen LogP contribution is 2.23. The summed E-state index contributed by atoms with van der Waals surface area (Å²) in [6.45, 7) is 2.18. The van der Waals surface area contributed by atoms with Crippen molar-refractivity contribution in [1.29, 1.82) is 0 Å². The van der Waals surface area contributed by atoms with Crippen LogP contribution in [0.1, 0.15) is 44.6 Å². The lowest BCUT2D eigenvalue weighted by atomic mass is 9.99. The van der Waals surface area contributed by atoms with Crippen LogP contribution >= 0.6 is 0 Å². The Kier molecular flexibility index (Phi) is 7.95. The molecule has 0 saturated carbocycles. The molecule has 1 rings (SSSR count). The van der Waals surface area contributed by atoms with Crippen LogP contribution in [0.3, 0.4) is 0 Å². The summed E-state index contributed by atoms with van der Waals surface area (Å²) in [4.78, 5) is 10.5. The molecular weight excluding hydrogens is 264 g/mol. The van der Waals surface area contributed by atoms with Gasteiger partial charge in [0.1, 0.15) is 5.75 Å². The Morgan fingerprint density at radius 1 is 1.24 bits per heavy atom. The third-order valence-electron chi connectivity index (χ3n) is 3.24. The van der Waals surface area contributed by atoms with Gasteiger partial charge < -0.3 is 9.84 Å². The minimum Gasteiger partial charge on any atom is -0.497 e. The number of carboxylic acids is 1. The number of unbranched alkanes of at least 4 members (excludes halogenated alkanes) is 2. The molecule has 0 aliphatic heterocycles. The van der Waals surface area contributed by atoms with Crippen LogP contribution in [-0.4, -0.2) is 18.2 Å². The van der Waals surface area contributed by atoms with E-state index >= 15 is 0 Å². The zero-order valence-corrected chi connectivity index (χ0v) is 12.8. The summed E-state index contributed by atoms with van der Waals surface area (Å²) in [5.41, 5.74) is 2.39. The van der Waals surface area contributed by atoms with Crippen molar-refractivity contribution in [2.45, 2.75) is 39.0 Å². The average Bonchev–Trinajstić information content (AvgIpc) is 2.49. The van der Waals surface area contributed by atoms with Crippen LogP contribution in [0.25, 0.3) is 5.57 Å². The van der Waals surface area contributed by atoms with Gasteiger partial charge in [-0.2, -0.15) is 0 Å². The van der Waals surface area contributed by atoms with E-state index in [9.17, 15) is 4.79 Å². The molecular formula is C18H24O3. The SMILES string of the molecule is CCCCC/C(=C/C=C/CC(=O)O)c1ccc(OC)cc1. The van der Waals surface area contributed by atoms with Crippen molar-refractivity contribution in [2.24, 2.45) is 0 Å². The van der Waals surface area contributed by atoms with Gasteiger partial charge >= 0.3 is 5.97 Å². The second-order valence-corrected chi connectivity index (χ2v) is 4.90. The predicted molar refractivity (Wildman–Crippen MR) is 86.5 cm³/mol. The highest BCUT2D eigenvalue weighted by molar-refractivity contribution is 5.70. The number of rotatable bonds is 9. The summed E-state index contributed by atoms with van der Waals surface area (Å²) in [7, 11) is 1.65. The molecule has 0 radical (unpaired) electrons. The van der Waals surface area contributed by atoms with Gasteiger partial charge in [-0.1, -0.05) is 50.1 Å². The van der Waals surface area contributed by atoms with Gasteiger partial charge in [-0.3, -0.25) is 4.79 Å². The second kappa shape index (κ2) is 9.81. The van der Waals surface area contributed by atoms with Crippen LogP contribution < -0.4 is 4.74 Å². The van der Waals surface area contributed by atoms with E-state index in [0.29, 0.717) is 0 Å². The topological polar surface area (TPSA) is 46.5 Å². The van der Waals surface area contributed by atoms with Crippen LogP contribution in [0.2, 0.25) is 0 Å². The molecule has 0 aliphatic rings. The molecule has 0 aliphatic carbocycles. The van der Waals surface area contributed by atoms with Gasteiger partial charge in [0.15, 0.2) is 0 Å². The first-order chi connectivity index (χ1) is 10.2. The Morgan fingerprint density at radius 2 is 1.95 bits per heavy atom. The first kappa shape index (κ1) is 17.0. The number of hydrogen-bond donors (Lipinski definition) is 1. The van der Waals surface area contributed by atoms with Crippen molar-refractivity contribution < 1.29 is 14.6 Å². The first-order valence-corrected chi connectivity index (χ1v) is 7.39. The van der Waals surface area contributed by atoms with E-state index < -0.39 is 5.97 Å². The molecule has 0 atom stereocenters. The fourth-order valence-corrected chi connectivity index (χ4v) is 2.05. The Bertz CT molecular complexity index is 484. The lowest BCUT2D eigenvalue weighted by molar-refractivity contribution is -0.136. The molecule has 1 N–H and O–H groups in total. The van der Waals surface area contributed by atoms with Gasteiger partial charge in [-0.05, 0) is 36.1 Å². The Balaban J connectivity index is 2.81. The van der Waals surface area contributed by atoms with E-state index in [2.05, 4.69) is 6.92 Å². The highest BCUT2D eigenvalue weighted by Gasteiger charge is 2.01.